The summed E-state index contributed by atoms with van der Waals surface area (Å²) in [7, 11) is 5.62. The van der Waals surface area contributed by atoms with Crippen molar-refractivity contribution in [3.8, 4) is 5.75 Å². The summed E-state index contributed by atoms with van der Waals surface area (Å²) in [5.74, 6) is 0.935. The smallest absolute Gasteiger partial charge is 0.287 e. The fraction of sp³-hybridized carbons (Fsp3) is 0.286. The lowest BCUT2D eigenvalue weighted by atomic mass is 10.1. The fourth-order valence-corrected chi connectivity index (χ4v) is 3.49. The molecule has 3 aromatic rings. The second-order valence-electron chi connectivity index (χ2n) is 6.66. The fourth-order valence-electron chi connectivity index (χ4n) is 3.13. The van der Waals surface area contributed by atoms with Crippen LogP contribution in [-0.2, 0) is 0 Å². The summed E-state index contributed by atoms with van der Waals surface area (Å²) in [6.45, 7) is 2.36. The van der Waals surface area contributed by atoms with E-state index in [1.807, 2.05) is 63.5 Å². The van der Waals surface area contributed by atoms with E-state index in [-0.39, 0.29) is 11.9 Å². The van der Waals surface area contributed by atoms with E-state index in [0.29, 0.717) is 17.9 Å². The van der Waals surface area contributed by atoms with Crippen LogP contribution in [0.15, 0.2) is 51.4 Å². The second kappa shape index (κ2) is 8.15. The van der Waals surface area contributed by atoms with E-state index >= 15 is 0 Å². The molecule has 0 aliphatic rings. The molecular weight excluding hydrogens is 408 g/mol. The van der Waals surface area contributed by atoms with Crippen LogP contribution in [0.1, 0.15) is 27.7 Å². The Bertz CT molecular complexity index is 965. The van der Waals surface area contributed by atoms with Crippen LogP contribution in [0, 0.1) is 6.92 Å². The highest BCUT2D eigenvalue weighted by Crippen LogP contribution is 2.28. The highest BCUT2D eigenvalue weighted by molar-refractivity contribution is 9.10. The van der Waals surface area contributed by atoms with Crippen LogP contribution >= 0.6 is 15.9 Å². The van der Waals surface area contributed by atoms with Gasteiger partial charge in [-0.3, -0.25) is 4.79 Å². The molecule has 1 unspecified atom stereocenters. The van der Waals surface area contributed by atoms with Gasteiger partial charge in [-0.2, -0.15) is 0 Å². The molecule has 0 saturated heterocycles. The summed E-state index contributed by atoms with van der Waals surface area (Å²) in [5, 5.41) is 3.94. The number of halogens is 1. The lowest BCUT2D eigenvalue weighted by Gasteiger charge is -2.25. The van der Waals surface area contributed by atoms with Crippen LogP contribution < -0.4 is 10.1 Å². The number of fused-ring (bicyclic) bond motifs is 1. The molecule has 6 heteroatoms. The largest absolute Gasteiger partial charge is 0.497 e. The number of nitrogens with one attached hydrogen (secondary N) is 1. The van der Waals surface area contributed by atoms with Gasteiger partial charge in [-0.25, -0.2) is 0 Å². The maximum absolute atomic E-state index is 12.7. The minimum atomic E-state index is -0.213. The number of hydrogen-bond donors (Lipinski definition) is 1. The van der Waals surface area contributed by atoms with Crippen LogP contribution in [0.4, 0.5) is 0 Å². The molecular formula is C21H23BrN2O3. The van der Waals surface area contributed by atoms with Gasteiger partial charge in [0.25, 0.3) is 5.91 Å². The van der Waals surface area contributed by atoms with Crippen molar-refractivity contribution in [2.24, 2.45) is 0 Å². The lowest BCUT2D eigenvalue weighted by Crippen LogP contribution is -2.34. The lowest BCUT2D eigenvalue weighted by molar-refractivity contribution is 0.0915. The van der Waals surface area contributed by atoms with Crippen molar-refractivity contribution < 1.29 is 13.9 Å². The Morgan fingerprint density at radius 1 is 1.26 bits per heavy atom. The summed E-state index contributed by atoms with van der Waals surface area (Å²) >= 11 is 3.46. The maximum Gasteiger partial charge on any atom is 0.287 e. The second-order valence-corrected chi connectivity index (χ2v) is 7.58. The molecule has 1 N–H and O–H groups in total. The first-order valence-corrected chi connectivity index (χ1v) is 9.47. The molecule has 1 atom stereocenters. The van der Waals surface area contributed by atoms with Gasteiger partial charge in [-0.15, -0.1) is 0 Å². The zero-order valence-corrected chi connectivity index (χ0v) is 17.5. The van der Waals surface area contributed by atoms with Crippen molar-refractivity contribution in [2.45, 2.75) is 13.0 Å². The minimum Gasteiger partial charge on any atom is -0.497 e. The van der Waals surface area contributed by atoms with Crippen LogP contribution in [-0.4, -0.2) is 38.6 Å². The number of carbonyl (C=O) groups is 1. The van der Waals surface area contributed by atoms with Gasteiger partial charge < -0.3 is 19.4 Å². The highest BCUT2D eigenvalue weighted by atomic mass is 79.9. The van der Waals surface area contributed by atoms with Crippen molar-refractivity contribution in [2.75, 3.05) is 27.7 Å². The van der Waals surface area contributed by atoms with Gasteiger partial charge >= 0.3 is 0 Å². The van der Waals surface area contributed by atoms with Crippen LogP contribution in [0.3, 0.4) is 0 Å². The molecule has 0 radical (unpaired) electrons. The van der Waals surface area contributed by atoms with Crippen molar-refractivity contribution in [3.05, 3.63) is 63.8 Å². The number of carbonyl (C=O) groups excluding carboxylic acids is 1. The Hall–Kier alpha value is -2.31. The molecule has 1 amide bonds. The van der Waals surface area contributed by atoms with E-state index in [0.717, 1.165) is 26.7 Å². The molecule has 0 aliphatic heterocycles. The number of likely N-dealkylation sites (N-methyl/N-ethyl adjacent to an activating group) is 1. The number of methoxy groups -OCH3 is 1. The topological polar surface area (TPSA) is 54.7 Å². The maximum atomic E-state index is 12.7. The Morgan fingerprint density at radius 3 is 2.74 bits per heavy atom. The van der Waals surface area contributed by atoms with E-state index < -0.39 is 0 Å². The van der Waals surface area contributed by atoms with E-state index in [2.05, 4.69) is 26.1 Å². The molecule has 1 heterocycles. The van der Waals surface area contributed by atoms with Crippen LogP contribution in [0.2, 0.25) is 0 Å². The molecule has 142 valence electrons. The quantitative estimate of drug-likeness (QED) is 0.623. The van der Waals surface area contributed by atoms with E-state index in [1.165, 1.54) is 0 Å². The Morgan fingerprint density at radius 2 is 2.04 bits per heavy atom. The normalized spacial score (nSPS) is 12.4. The molecule has 3 rings (SSSR count). The molecule has 2 aromatic carbocycles. The average Bonchev–Trinajstić information content (AvgIpc) is 2.98. The van der Waals surface area contributed by atoms with E-state index in [4.69, 9.17) is 9.15 Å². The van der Waals surface area contributed by atoms with Crippen molar-refractivity contribution in [1.29, 1.82) is 0 Å². The summed E-state index contributed by atoms with van der Waals surface area (Å²) in [4.78, 5) is 14.8. The predicted octanol–water partition coefficient (Wildman–Crippen LogP) is 4.55. The molecule has 0 fully saturated rings. The third-order valence-electron chi connectivity index (χ3n) is 4.66. The highest BCUT2D eigenvalue weighted by Gasteiger charge is 2.21. The van der Waals surface area contributed by atoms with Crippen LogP contribution in [0.5, 0.6) is 5.75 Å². The predicted molar refractivity (Wildman–Crippen MR) is 110 cm³/mol. The summed E-state index contributed by atoms with van der Waals surface area (Å²) < 4.78 is 12.1. The summed E-state index contributed by atoms with van der Waals surface area (Å²) in [5.41, 5.74) is 2.62. The standard InChI is InChI=1S/C21H23BrN2O3/c1-13-17-11-15(22)8-9-19(17)27-20(13)21(25)23-12-18(24(2)3)14-6-5-7-16(10-14)26-4/h5-11,18H,12H2,1-4H3,(H,23,25). The molecule has 5 nitrogen and oxygen atoms in total. The number of hydrogen-bond acceptors (Lipinski definition) is 4. The SMILES string of the molecule is COc1cccc(C(CNC(=O)c2oc3ccc(Br)cc3c2C)N(C)C)c1. The molecule has 0 saturated carbocycles. The number of nitrogens with zero attached hydrogens (tertiary/aromatic N) is 1. The van der Waals surface area contributed by atoms with Gasteiger partial charge in [0.2, 0.25) is 0 Å². The van der Waals surface area contributed by atoms with Crippen LogP contribution in [0.25, 0.3) is 11.0 Å². The first kappa shape index (κ1) is 19.5. The summed E-state index contributed by atoms with van der Waals surface area (Å²) in [6, 6.07) is 13.6. The number of ether oxygens (including phenoxy) is 1. The van der Waals surface area contributed by atoms with Gasteiger partial charge in [-0.05, 0) is 56.9 Å². The average molecular weight is 431 g/mol. The first-order valence-electron chi connectivity index (χ1n) is 8.68. The van der Waals surface area contributed by atoms with E-state index in [1.54, 1.807) is 7.11 Å². The third-order valence-corrected chi connectivity index (χ3v) is 5.16. The van der Waals surface area contributed by atoms with Crippen molar-refractivity contribution in [1.82, 2.24) is 10.2 Å². The number of rotatable bonds is 6. The molecule has 0 aliphatic carbocycles. The zero-order valence-electron chi connectivity index (χ0n) is 15.9. The zero-order chi connectivity index (χ0) is 19.6. The Labute approximate surface area is 167 Å². The van der Waals surface area contributed by atoms with Gasteiger partial charge in [0.05, 0.1) is 13.2 Å². The Kier molecular flexibility index (Phi) is 5.87. The number of benzene rings is 2. The third kappa shape index (κ3) is 4.17. The molecule has 0 bridgehead atoms. The van der Waals surface area contributed by atoms with Crippen molar-refractivity contribution >= 4 is 32.8 Å². The first-order chi connectivity index (χ1) is 12.9. The molecule has 27 heavy (non-hydrogen) atoms. The van der Waals surface area contributed by atoms with E-state index in [9.17, 15) is 4.79 Å². The molecule has 0 spiro atoms. The van der Waals surface area contributed by atoms with Gasteiger partial charge in [-0.1, -0.05) is 28.1 Å². The number of amides is 1. The number of aryl methyl sites for hydroxylation is 1. The minimum absolute atomic E-state index is 0.0166. The van der Waals surface area contributed by atoms with Crippen molar-refractivity contribution in [3.63, 3.8) is 0 Å². The summed E-state index contributed by atoms with van der Waals surface area (Å²) in [6.07, 6.45) is 0. The Balaban J connectivity index is 1.79. The van der Waals surface area contributed by atoms with Gasteiger partial charge in [0.1, 0.15) is 11.3 Å². The number of furan rings is 1. The van der Waals surface area contributed by atoms with Gasteiger partial charge in [0.15, 0.2) is 5.76 Å². The monoisotopic (exact) mass is 430 g/mol. The molecule has 1 aromatic heterocycles. The van der Waals surface area contributed by atoms with Gasteiger partial charge in [0, 0.05) is 22.0 Å².